The minimum absolute atomic E-state index is 0.116. The number of aliphatic hydroxyl groups is 1. The number of carbonyl (C=O) groups is 1. The van der Waals surface area contributed by atoms with Crippen molar-refractivity contribution in [1.82, 2.24) is 14.8 Å². The van der Waals surface area contributed by atoms with Crippen molar-refractivity contribution in [2.45, 2.75) is 13.0 Å². The molecular formula is C21H25N3O3. The smallest absolute Gasteiger partial charge is 0.219 e. The first-order valence-corrected chi connectivity index (χ1v) is 9.40. The number of nitrogens with one attached hydrogen (secondary N) is 1. The molecule has 2 heterocycles. The Balaban J connectivity index is 1.39. The van der Waals surface area contributed by atoms with Crippen LogP contribution in [0.25, 0.3) is 21.8 Å². The van der Waals surface area contributed by atoms with Crippen LogP contribution in [-0.4, -0.2) is 71.2 Å². The molecule has 1 saturated heterocycles. The number of carbonyl (C=O) groups excluding carboxylic acids is 1. The SMILES string of the molecule is CC(=O)N1CCN(CC(O)COc2cccc3[nH]c4ccccc4c23)CC1. The molecule has 6 heteroatoms. The topological polar surface area (TPSA) is 68.8 Å². The van der Waals surface area contributed by atoms with Gasteiger partial charge in [-0.2, -0.15) is 0 Å². The maximum absolute atomic E-state index is 11.4. The van der Waals surface area contributed by atoms with E-state index < -0.39 is 6.10 Å². The van der Waals surface area contributed by atoms with E-state index in [-0.39, 0.29) is 12.5 Å². The van der Waals surface area contributed by atoms with E-state index in [9.17, 15) is 9.90 Å². The Bertz CT molecular complexity index is 944. The summed E-state index contributed by atoms with van der Waals surface area (Å²) in [4.78, 5) is 18.8. The van der Waals surface area contributed by atoms with E-state index in [2.05, 4.69) is 22.0 Å². The molecule has 1 aliphatic heterocycles. The quantitative estimate of drug-likeness (QED) is 0.726. The van der Waals surface area contributed by atoms with Gasteiger partial charge in [0.1, 0.15) is 18.5 Å². The Morgan fingerprint density at radius 3 is 2.63 bits per heavy atom. The molecule has 0 bridgehead atoms. The van der Waals surface area contributed by atoms with E-state index in [1.54, 1.807) is 6.92 Å². The summed E-state index contributed by atoms with van der Waals surface area (Å²) >= 11 is 0. The van der Waals surface area contributed by atoms with Crippen LogP contribution in [0.1, 0.15) is 6.92 Å². The molecule has 27 heavy (non-hydrogen) atoms. The van der Waals surface area contributed by atoms with Crippen LogP contribution < -0.4 is 4.74 Å². The van der Waals surface area contributed by atoms with Crippen molar-refractivity contribution in [1.29, 1.82) is 0 Å². The van der Waals surface area contributed by atoms with E-state index in [0.29, 0.717) is 6.54 Å². The Morgan fingerprint density at radius 2 is 1.85 bits per heavy atom. The van der Waals surface area contributed by atoms with Gasteiger partial charge in [0.25, 0.3) is 0 Å². The highest BCUT2D eigenvalue weighted by atomic mass is 16.5. The van der Waals surface area contributed by atoms with Crippen molar-refractivity contribution < 1.29 is 14.6 Å². The fraction of sp³-hybridized carbons (Fsp3) is 0.381. The van der Waals surface area contributed by atoms with Crippen molar-refractivity contribution in [2.24, 2.45) is 0 Å². The van der Waals surface area contributed by atoms with Crippen molar-refractivity contribution in [3.63, 3.8) is 0 Å². The number of nitrogens with zero attached hydrogens (tertiary/aromatic N) is 2. The number of para-hydroxylation sites is 1. The third-order valence-corrected chi connectivity index (χ3v) is 5.21. The maximum Gasteiger partial charge on any atom is 0.219 e. The van der Waals surface area contributed by atoms with E-state index in [1.165, 1.54) is 0 Å². The summed E-state index contributed by atoms with van der Waals surface area (Å²) in [5.74, 6) is 0.899. The standard InChI is InChI=1S/C21H25N3O3/c1-15(25)24-11-9-23(10-12-24)13-16(26)14-27-20-8-4-7-19-21(20)17-5-2-3-6-18(17)22-19/h2-8,16,22,26H,9-14H2,1H3. The van der Waals surface area contributed by atoms with Gasteiger partial charge >= 0.3 is 0 Å². The number of H-pyrrole nitrogens is 1. The average molecular weight is 367 g/mol. The first kappa shape index (κ1) is 17.8. The fourth-order valence-corrected chi connectivity index (χ4v) is 3.77. The van der Waals surface area contributed by atoms with Crippen LogP contribution in [0.4, 0.5) is 0 Å². The van der Waals surface area contributed by atoms with Crippen LogP contribution in [-0.2, 0) is 4.79 Å². The van der Waals surface area contributed by atoms with Crippen molar-refractivity contribution in [3.8, 4) is 5.75 Å². The number of β-amino-alcohol motifs (C(OH)–C–C–N with tert-alkyl or cyclic N) is 1. The minimum Gasteiger partial charge on any atom is -0.490 e. The Hall–Kier alpha value is -2.57. The Labute approximate surface area is 158 Å². The highest BCUT2D eigenvalue weighted by Gasteiger charge is 2.21. The lowest BCUT2D eigenvalue weighted by molar-refractivity contribution is -0.130. The molecule has 1 aromatic heterocycles. The van der Waals surface area contributed by atoms with Gasteiger partial charge < -0.3 is 19.7 Å². The monoisotopic (exact) mass is 367 g/mol. The molecule has 0 aliphatic carbocycles. The van der Waals surface area contributed by atoms with Crippen molar-refractivity contribution in [2.75, 3.05) is 39.3 Å². The van der Waals surface area contributed by atoms with Crippen LogP contribution in [0.15, 0.2) is 42.5 Å². The van der Waals surface area contributed by atoms with Gasteiger partial charge in [-0.05, 0) is 18.2 Å². The van der Waals surface area contributed by atoms with Gasteiger partial charge in [0.05, 0.1) is 5.52 Å². The molecule has 1 aliphatic rings. The Kier molecular flexibility index (Phi) is 5.01. The van der Waals surface area contributed by atoms with Gasteiger partial charge in [0.15, 0.2) is 0 Å². The molecule has 4 rings (SSSR count). The average Bonchev–Trinajstić information content (AvgIpc) is 3.06. The summed E-state index contributed by atoms with van der Waals surface area (Å²) in [6.45, 7) is 5.41. The van der Waals surface area contributed by atoms with Gasteiger partial charge in [-0.25, -0.2) is 0 Å². The van der Waals surface area contributed by atoms with Crippen LogP contribution >= 0.6 is 0 Å². The lowest BCUT2D eigenvalue weighted by Crippen LogP contribution is -2.50. The number of hydrogen-bond acceptors (Lipinski definition) is 4. The molecule has 0 radical (unpaired) electrons. The summed E-state index contributed by atoms with van der Waals surface area (Å²) < 4.78 is 5.99. The number of aromatic amines is 1. The summed E-state index contributed by atoms with van der Waals surface area (Å²) in [6, 6.07) is 14.1. The number of aromatic nitrogens is 1. The first-order chi connectivity index (χ1) is 13.1. The largest absolute Gasteiger partial charge is 0.490 e. The number of rotatable bonds is 5. The lowest BCUT2D eigenvalue weighted by Gasteiger charge is -2.35. The molecule has 2 N–H and O–H groups in total. The molecular weight excluding hydrogens is 342 g/mol. The van der Waals surface area contributed by atoms with Gasteiger partial charge in [-0.1, -0.05) is 24.3 Å². The zero-order valence-electron chi connectivity index (χ0n) is 15.5. The molecule has 1 atom stereocenters. The summed E-state index contributed by atoms with van der Waals surface area (Å²) in [5, 5.41) is 12.6. The minimum atomic E-state index is -0.575. The third-order valence-electron chi connectivity index (χ3n) is 5.21. The molecule has 0 spiro atoms. The molecule has 142 valence electrons. The van der Waals surface area contributed by atoms with Crippen molar-refractivity contribution in [3.05, 3.63) is 42.5 Å². The van der Waals surface area contributed by atoms with Crippen molar-refractivity contribution >= 4 is 27.7 Å². The molecule has 1 fully saturated rings. The predicted molar refractivity (Wildman–Crippen MR) is 106 cm³/mol. The normalized spacial score (nSPS) is 16.7. The molecule has 6 nitrogen and oxygen atoms in total. The highest BCUT2D eigenvalue weighted by molar-refractivity contribution is 6.10. The zero-order chi connectivity index (χ0) is 18.8. The second-order valence-corrected chi connectivity index (χ2v) is 7.12. The van der Waals surface area contributed by atoms with E-state index in [0.717, 1.165) is 53.7 Å². The van der Waals surface area contributed by atoms with E-state index in [1.807, 2.05) is 35.2 Å². The number of piperazine rings is 1. The second kappa shape index (κ2) is 7.58. The summed E-state index contributed by atoms with van der Waals surface area (Å²) in [6.07, 6.45) is -0.575. The molecule has 1 amide bonds. The van der Waals surface area contributed by atoms with Crippen LogP contribution in [0, 0.1) is 0 Å². The molecule has 0 saturated carbocycles. The lowest BCUT2D eigenvalue weighted by atomic mass is 10.1. The summed E-state index contributed by atoms with van der Waals surface area (Å²) in [7, 11) is 0. The number of hydrogen-bond donors (Lipinski definition) is 2. The third kappa shape index (κ3) is 3.77. The number of ether oxygens (including phenoxy) is 1. The summed E-state index contributed by atoms with van der Waals surface area (Å²) in [5.41, 5.74) is 2.11. The number of benzene rings is 2. The predicted octanol–water partition coefficient (Wildman–Crippen LogP) is 2.22. The van der Waals surface area contributed by atoms with Crippen LogP contribution in [0.5, 0.6) is 5.75 Å². The number of amides is 1. The van der Waals surface area contributed by atoms with Gasteiger partial charge in [-0.3, -0.25) is 9.69 Å². The second-order valence-electron chi connectivity index (χ2n) is 7.12. The number of fused-ring (bicyclic) bond motifs is 3. The zero-order valence-corrected chi connectivity index (χ0v) is 15.5. The molecule has 3 aromatic rings. The van der Waals surface area contributed by atoms with Crippen LogP contribution in [0.3, 0.4) is 0 Å². The maximum atomic E-state index is 11.4. The highest BCUT2D eigenvalue weighted by Crippen LogP contribution is 2.32. The molecule has 1 unspecified atom stereocenters. The van der Waals surface area contributed by atoms with Crippen LogP contribution in [0.2, 0.25) is 0 Å². The number of aliphatic hydroxyl groups excluding tert-OH is 1. The van der Waals surface area contributed by atoms with E-state index in [4.69, 9.17) is 4.74 Å². The molecule has 2 aromatic carbocycles. The van der Waals surface area contributed by atoms with Gasteiger partial charge in [0, 0.05) is 55.9 Å². The fourth-order valence-electron chi connectivity index (χ4n) is 3.77. The first-order valence-electron chi connectivity index (χ1n) is 9.40. The van der Waals surface area contributed by atoms with Gasteiger partial charge in [-0.15, -0.1) is 0 Å². The Morgan fingerprint density at radius 1 is 1.11 bits per heavy atom. The van der Waals surface area contributed by atoms with Gasteiger partial charge in [0.2, 0.25) is 5.91 Å². The van der Waals surface area contributed by atoms with E-state index >= 15 is 0 Å².